The number of benzene rings is 11. The minimum Gasteiger partial charge on any atom is -0.455 e. The van der Waals surface area contributed by atoms with Gasteiger partial charge in [0, 0.05) is 38.7 Å². The Morgan fingerprint density at radius 1 is 0.250 bits per heavy atom. The molecule has 0 aliphatic rings. The Bertz CT molecular complexity index is 3640. The van der Waals surface area contributed by atoms with Crippen LogP contribution < -0.4 is 4.90 Å². The van der Waals surface area contributed by atoms with Crippen molar-refractivity contribution in [2.45, 2.75) is 0 Å². The van der Waals surface area contributed by atoms with Gasteiger partial charge in [-0.25, -0.2) is 0 Å². The van der Waals surface area contributed by atoms with Crippen molar-refractivity contribution in [2.75, 3.05) is 4.90 Å². The first-order chi connectivity index (χ1) is 31.7. The van der Waals surface area contributed by atoms with E-state index in [1.165, 1.54) is 55.1 Å². The number of hydrogen-bond donors (Lipinski definition) is 0. The van der Waals surface area contributed by atoms with E-state index in [9.17, 15) is 0 Å². The van der Waals surface area contributed by atoms with E-state index in [4.69, 9.17) is 4.42 Å². The summed E-state index contributed by atoms with van der Waals surface area (Å²) >= 11 is 0. The molecule has 2 heteroatoms. The maximum Gasteiger partial charge on any atom is 0.143 e. The zero-order valence-corrected chi connectivity index (χ0v) is 35.0. The largest absolute Gasteiger partial charge is 0.455 e. The first kappa shape index (κ1) is 37.3. The molecule has 1 aromatic heterocycles. The first-order valence-electron chi connectivity index (χ1n) is 21.9. The summed E-state index contributed by atoms with van der Waals surface area (Å²) < 4.78 is 6.92. The quantitative estimate of drug-likeness (QED) is 0.152. The van der Waals surface area contributed by atoms with Crippen LogP contribution in [-0.4, -0.2) is 0 Å². The molecule has 0 saturated heterocycles. The lowest BCUT2D eigenvalue weighted by Gasteiger charge is -2.28. The number of fused-ring (bicyclic) bond motifs is 6. The van der Waals surface area contributed by atoms with Crippen LogP contribution in [0.15, 0.2) is 253 Å². The molecule has 0 aliphatic carbocycles. The summed E-state index contributed by atoms with van der Waals surface area (Å²) in [6.45, 7) is 0. The van der Waals surface area contributed by atoms with E-state index in [1.54, 1.807) is 0 Å². The van der Waals surface area contributed by atoms with E-state index < -0.39 is 0 Å². The van der Waals surface area contributed by atoms with E-state index in [-0.39, 0.29) is 0 Å². The Labute approximate surface area is 372 Å². The van der Waals surface area contributed by atoms with Gasteiger partial charge in [0.1, 0.15) is 11.2 Å². The molecule has 2 nitrogen and oxygen atoms in total. The third kappa shape index (κ3) is 6.52. The molecule has 0 radical (unpaired) electrons. The van der Waals surface area contributed by atoms with E-state index in [1.807, 2.05) is 0 Å². The fourth-order valence-electron chi connectivity index (χ4n) is 9.58. The molecule has 0 aliphatic heterocycles. The monoisotopic (exact) mass is 815 g/mol. The average molecular weight is 816 g/mol. The van der Waals surface area contributed by atoms with Crippen molar-refractivity contribution in [1.29, 1.82) is 0 Å². The normalized spacial score (nSPS) is 11.4. The lowest BCUT2D eigenvalue weighted by Crippen LogP contribution is -2.11. The lowest BCUT2D eigenvalue weighted by molar-refractivity contribution is 0.674. The van der Waals surface area contributed by atoms with Gasteiger partial charge in [-0.1, -0.05) is 206 Å². The molecular weight excluding hydrogens is 775 g/mol. The van der Waals surface area contributed by atoms with Gasteiger partial charge >= 0.3 is 0 Å². The molecule has 0 atom stereocenters. The fraction of sp³-hybridized carbons (Fsp3) is 0. The molecule has 0 saturated carbocycles. The van der Waals surface area contributed by atoms with Crippen LogP contribution in [-0.2, 0) is 0 Å². The van der Waals surface area contributed by atoms with Crippen molar-refractivity contribution < 1.29 is 4.42 Å². The van der Waals surface area contributed by atoms with Crippen LogP contribution in [0.1, 0.15) is 0 Å². The molecule has 0 spiro atoms. The molecular formula is C62H41NO. The number of anilines is 3. The summed E-state index contributed by atoms with van der Waals surface area (Å²) in [7, 11) is 0. The van der Waals surface area contributed by atoms with E-state index >= 15 is 0 Å². The standard InChI is InChI=1S/C62H41NO/c1-3-15-43(16-4-1)53-39-34-48(41-59(53)45-17-5-2-6-18-45)42-29-35-49(36-30-42)63(50-37-31-47(32-38-50)52-25-13-21-44-19-7-9-22-51(44)52)60-28-12-11-24-55(60)56-26-14-27-57-58-40-33-46-20-8-10-23-54(46)61(58)64-62(56)57/h1-41H. The van der Waals surface area contributed by atoms with Crippen LogP contribution in [0.3, 0.4) is 0 Å². The second kappa shape index (κ2) is 15.8. The molecule has 11 aromatic carbocycles. The lowest BCUT2D eigenvalue weighted by atomic mass is 9.91. The van der Waals surface area contributed by atoms with Crippen molar-refractivity contribution in [1.82, 2.24) is 0 Å². The minimum atomic E-state index is 0.885. The fourth-order valence-corrected chi connectivity index (χ4v) is 9.58. The predicted molar refractivity (Wildman–Crippen MR) is 271 cm³/mol. The van der Waals surface area contributed by atoms with Crippen molar-refractivity contribution in [2.24, 2.45) is 0 Å². The van der Waals surface area contributed by atoms with Crippen LogP contribution in [0.25, 0.3) is 99.1 Å². The van der Waals surface area contributed by atoms with Gasteiger partial charge in [0.2, 0.25) is 0 Å². The maximum absolute atomic E-state index is 6.92. The molecule has 1 heterocycles. The van der Waals surface area contributed by atoms with Gasteiger partial charge in [-0.05, 0) is 103 Å². The Morgan fingerprint density at radius 3 is 1.50 bits per heavy atom. The summed E-state index contributed by atoms with van der Waals surface area (Å²) in [5, 5.41) is 7.00. The summed E-state index contributed by atoms with van der Waals surface area (Å²) in [6, 6.07) is 89.5. The van der Waals surface area contributed by atoms with Crippen LogP contribution in [0.4, 0.5) is 17.1 Å². The third-order valence-electron chi connectivity index (χ3n) is 12.7. The zero-order valence-electron chi connectivity index (χ0n) is 35.0. The topological polar surface area (TPSA) is 16.4 Å². The smallest absolute Gasteiger partial charge is 0.143 e. The highest BCUT2D eigenvalue weighted by Gasteiger charge is 2.21. The summed E-state index contributed by atoms with van der Waals surface area (Å²) in [4.78, 5) is 2.39. The second-order valence-electron chi connectivity index (χ2n) is 16.4. The van der Waals surface area contributed by atoms with Crippen molar-refractivity contribution in [3.8, 4) is 55.6 Å². The molecule has 12 rings (SSSR count). The van der Waals surface area contributed by atoms with Crippen LogP contribution in [0.5, 0.6) is 0 Å². The van der Waals surface area contributed by atoms with E-state index in [0.717, 1.165) is 61.1 Å². The third-order valence-corrected chi connectivity index (χ3v) is 12.7. The minimum absolute atomic E-state index is 0.885. The van der Waals surface area contributed by atoms with Crippen LogP contribution in [0, 0.1) is 0 Å². The van der Waals surface area contributed by atoms with Gasteiger partial charge in [-0.3, -0.25) is 0 Å². The molecule has 0 fully saturated rings. The summed E-state index contributed by atoms with van der Waals surface area (Å²) in [5.74, 6) is 0. The van der Waals surface area contributed by atoms with Crippen molar-refractivity contribution >= 4 is 60.5 Å². The molecule has 0 unspecified atom stereocenters. The number of hydrogen-bond acceptors (Lipinski definition) is 2. The van der Waals surface area contributed by atoms with E-state index in [2.05, 4.69) is 254 Å². The van der Waals surface area contributed by atoms with Crippen molar-refractivity contribution in [3.05, 3.63) is 249 Å². The van der Waals surface area contributed by atoms with E-state index in [0.29, 0.717) is 0 Å². The van der Waals surface area contributed by atoms with Gasteiger partial charge < -0.3 is 9.32 Å². The number of para-hydroxylation sites is 2. The summed E-state index contributed by atoms with van der Waals surface area (Å²) in [5.41, 5.74) is 16.7. The number of rotatable bonds is 8. The number of nitrogens with zero attached hydrogens (tertiary/aromatic N) is 1. The Balaban J connectivity index is 1.00. The molecule has 12 aromatic rings. The highest BCUT2D eigenvalue weighted by atomic mass is 16.3. The second-order valence-corrected chi connectivity index (χ2v) is 16.4. The Kier molecular flexibility index (Phi) is 9.20. The molecule has 0 bridgehead atoms. The maximum atomic E-state index is 6.92. The average Bonchev–Trinajstić information content (AvgIpc) is 3.77. The van der Waals surface area contributed by atoms with Crippen molar-refractivity contribution in [3.63, 3.8) is 0 Å². The molecule has 64 heavy (non-hydrogen) atoms. The van der Waals surface area contributed by atoms with Gasteiger partial charge in [0.25, 0.3) is 0 Å². The van der Waals surface area contributed by atoms with Gasteiger partial charge in [0.15, 0.2) is 0 Å². The van der Waals surface area contributed by atoms with Gasteiger partial charge in [-0.15, -0.1) is 0 Å². The van der Waals surface area contributed by atoms with Crippen LogP contribution >= 0.6 is 0 Å². The first-order valence-corrected chi connectivity index (χ1v) is 21.9. The number of furan rings is 1. The summed E-state index contributed by atoms with van der Waals surface area (Å²) in [6.07, 6.45) is 0. The highest BCUT2D eigenvalue weighted by Crippen LogP contribution is 2.46. The Hall–Kier alpha value is -8.46. The Morgan fingerprint density at radius 2 is 0.750 bits per heavy atom. The van der Waals surface area contributed by atoms with Gasteiger partial charge in [-0.2, -0.15) is 0 Å². The predicted octanol–water partition coefficient (Wildman–Crippen LogP) is 17.7. The molecule has 0 N–H and O–H groups in total. The molecule has 0 amide bonds. The van der Waals surface area contributed by atoms with Gasteiger partial charge in [0.05, 0.1) is 5.69 Å². The SMILES string of the molecule is c1ccc(-c2ccc(-c3ccc(N(c4ccc(-c5cccc6ccccc56)cc4)c4ccccc4-c4cccc5c4oc4c6ccccc6ccc54)cc3)cc2-c2ccccc2)cc1. The van der Waals surface area contributed by atoms with Crippen LogP contribution in [0.2, 0.25) is 0 Å². The highest BCUT2D eigenvalue weighted by molar-refractivity contribution is 6.17. The zero-order chi connectivity index (χ0) is 42.4. The molecule has 300 valence electrons.